The van der Waals surface area contributed by atoms with E-state index in [9.17, 15) is 4.79 Å². The summed E-state index contributed by atoms with van der Waals surface area (Å²) in [6.45, 7) is 3.68. The SMILES string of the molecule is CC(NC(C)c1ccoc1)C(N)=O. The van der Waals surface area contributed by atoms with Gasteiger partial charge in [-0.15, -0.1) is 0 Å². The Hall–Kier alpha value is -1.29. The number of nitrogens with one attached hydrogen (secondary N) is 1. The van der Waals surface area contributed by atoms with E-state index in [0.717, 1.165) is 5.56 Å². The molecule has 0 fully saturated rings. The number of rotatable bonds is 4. The van der Waals surface area contributed by atoms with Crippen molar-refractivity contribution >= 4 is 5.91 Å². The van der Waals surface area contributed by atoms with Gasteiger partial charge < -0.3 is 10.2 Å². The highest BCUT2D eigenvalue weighted by molar-refractivity contribution is 5.79. The van der Waals surface area contributed by atoms with Gasteiger partial charge in [0.05, 0.1) is 18.6 Å². The first-order chi connectivity index (χ1) is 6.11. The Morgan fingerprint density at radius 2 is 2.31 bits per heavy atom. The molecule has 0 bridgehead atoms. The van der Waals surface area contributed by atoms with Crippen LogP contribution in [0.2, 0.25) is 0 Å². The number of nitrogens with two attached hydrogens (primary N) is 1. The third-order valence-corrected chi connectivity index (χ3v) is 1.97. The predicted molar refractivity (Wildman–Crippen MR) is 48.9 cm³/mol. The van der Waals surface area contributed by atoms with Crippen LogP contribution >= 0.6 is 0 Å². The minimum absolute atomic E-state index is 0.0706. The molecule has 0 aromatic carbocycles. The average molecular weight is 182 g/mol. The van der Waals surface area contributed by atoms with Gasteiger partial charge in [0.15, 0.2) is 0 Å². The van der Waals surface area contributed by atoms with Crippen molar-refractivity contribution in [1.29, 1.82) is 0 Å². The van der Waals surface area contributed by atoms with Crippen LogP contribution in [0.15, 0.2) is 23.0 Å². The van der Waals surface area contributed by atoms with Crippen LogP contribution < -0.4 is 11.1 Å². The Morgan fingerprint density at radius 3 is 2.77 bits per heavy atom. The predicted octanol–water partition coefficient (Wildman–Crippen LogP) is 0.804. The number of carbonyl (C=O) groups excluding carboxylic acids is 1. The summed E-state index contributed by atoms with van der Waals surface area (Å²) in [5.41, 5.74) is 6.12. The summed E-state index contributed by atoms with van der Waals surface area (Å²) in [4.78, 5) is 10.7. The van der Waals surface area contributed by atoms with E-state index < -0.39 is 0 Å². The maximum atomic E-state index is 10.7. The van der Waals surface area contributed by atoms with Crippen molar-refractivity contribution in [2.45, 2.75) is 25.9 Å². The highest BCUT2D eigenvalue weighted by atomic mass is 16.3. The minimum atomic E-state index is -0.352. The lowest BCUT2D eigenvalue weighted by Gasteiger charge is -2.15. The van der Waals surface area contributed by atoms with Crippen molar-refractivity contribution in [2.24, 2.45) is 5.73 Å². The van der Waals surface area contributed by atoms with Crippen LogP contribution in [-0.2, 0) is 4.79 Å². The van der Waals surface area contributed by atoms with Crippen molar-refractivity contribution in [1.82, 2.24) is 5.32 Å². The number of amides is 1. The molecule has 1 amide bonds. The molecular formula is C9H14N2O2. The fraction of sp³-hybridized carbons (Fsp3) is 0.444. The molecule has 3 N–H and O–H groups in total. The van der Waals surface area contributed by atoms with Crippen molar-refractivity contribution in [3.05, 3.63) is 24.2 Å². The molecule has 0 aliphatic carbocycles. The van der Waals surface area contributed by atoms with Gasteiger partial charge in [0, 0.05) is 11.6 Å². The van der Waals surface area contributed by atoms with E-state index in [1.165, 1.54) is 0 Å². The molecule has 13 heavy (non-hydrogen) atoms. The molecule has 0 saturated heterocycles. The van der Waals surface area contributed by atoms with Gasteiger partial charge in [-0.1, -0.05) is 0 Å². The highest BCUT2D eigenvalue weighted by Gasteiger charge is 2.13. The van der Waals surface area contributed by atoms with E-state index in [4.69, 9.17) is 10.2 Å². The minimum Gasteiger partial charge on any atom is -0.472 e. The second-order valence-electron chi connectivity index (χ2n) is 3.07. The molecule has 0 aliphatic rings. The first-order valence-corrected chi connectivity index (χ1v) is 4.18. The van der Waals surface area contributed by atoms with E-state index in [-0.39, 0.29) is 18.0 Å². The zero-order chi connectivity index (χ0) is 9.84. The summed E-state index contributed by atoms with van der Waals surface area (Å²) in [6, 6.07) is 1.59. The van der Waals surface area contributed by atoms with Crippen molar-refractivity contribution in [3.63, 3.8) is 0 Å². The Labute approximate surface area is 77.1 Å². The van der Waals surface area contributed by atoms with Crippen LogP contribution in [0.4, 0.5) is 0 Å². The molecule has 2 unspecified atom stereocenters. The quantitative estimate of drug-likeness (QED) is 0.723. The molecule has 1 rings (SSSR count). The molecule has 1 aromatic rings. The lowest BCUT2D eigenvalue weighted by Crippen LogP contribution is -2.39. The lowest BCUT2D eigenvalue weighted by atomic mass is 10.1. The Kier molecular flexibility index (Phi) is 3.08. The summed E-state index contributed by atoms with van der Waals surface area (Å²) in [5, 5.41) is 3.05. The molecule has 4 nitrogen and oxygen atoms in total. The van der Waals surface area contributed by atoms with Crippen LogP contribution in [0.25, 0.3) is 0 Å². The van der Waals surface area contributed by atoms with Gasteiger partial charge in [-0.2, -0.15) is 0 Å². The largest absolute Gasteiger partial charge is 0.472 e. The third-order valence-electron chi connectivity index (χ3n) is 1.97. The van der Waals surface area contributed by atoms with Crippen molar-refractivity contribution in [3.8, 4) is 0 Å². The first-order valence-electron chi connectivity index (χ1n) is 4.18. The van der Waals surface area contributed by atoms with Gasteiger partial charge in [-0.3, -0.25) is 10.1 Å². The van der Waals surface area contributed by atoms with Crippen LogP contribution in [0, 0.1) is 0 Å². The molecule has 1 aromatic heterocycles. The number of hydrogen-bond donors (Lipinski definition) is 2. The maximum Gasteiger partial charge on any atom is 0.234 e. The summed E-state index contributed by atoms with van der Waals surface area (Å²) in [6.07, 6.45) is 3.24. The zero-order valence-corrected chi connectivity index (χ0v) is 7.78. The monoisotopic (exact) mass is 182 g/mol. The smallest absolute Gasteiger partial charge is 0.234 e. The molecule has 1 heterocycles. The Balaban J connectivity index is 2.51. The molecule has 4 heteroatoms. The molecule has 0 aliphatic heterocycles. The van der Waals surface area contributed by atoms with Crippen LogP contribution in [-0.4, -0.2) is 11.9 Å². The van der Waals surface area contributed by atoms with Crippen LogP contribution in [0.3, 0.4) is 0 Å². The summed E-state index contributed by atoms with van der Waals surface area (Å²) < 4.78 is 4.92. The third kappa shape index (κ3) is 2.59. The zero-order valence-electron chi connectivity index (χ0n) is 7.78. The first kappa shape index (κ1) is 9.80. The number of hydrogen-bond acceptors (Lipinski definition) is 3. The summed E-state index contributed by atoms with van der Waals surface area (Å²) in [7, 11) is 0. The van der Waals surface area contributed by atoms with Gasteiger partial charge in [0.25, 0.3) is 0 Å². The molecule has 2 atom stereocenters. The normalized spacial score (nSPS) is 15.2. The maximum absolute atomic E-state index is 10.7. The van der Waals surface area contributed by atoms with Gasteiger partial charge >= 0.3 is 0 Å². The Morgan fingerprint density at radius 1 is 1.62 bits per heavy atom. The second kappa shape index (κ2) is 4.09. The molecule has 0 saturated carbocycles. The lowest BCUT2D eigenvalue weighted by molar-refractivity contribution is -0.119. The van der Waals surface area contributed by atoms with Gasteiger partial charge in [0.1, 0.15) is 0 Å². The van der Waals surface area contributed by atoms with Gasteiger partial charge in [-0.05, 0) is 19.9 Å². The summed E-state index contributed by atoms with van der Waals surface area (Å²) >= 11 is 0. The average Bonchev–Trinajstić information content (AvgIpc) is 2.55. The van der Waals surface area contributed by atoms with Gasteiger partial charge in [-0.25, -0.2) is 0 Å². The summed E-state index contributed by atoms with van der Waals surface area (Å²) in [5.74, 6) is -0.352. The second-order valence-corrected chi connectivity index (χ2v) is 3.07. The van der Waals surface area contributed by atoms with E-state index >= 15 is 0 Å². The molecule has 0 radical (unpaired) electrons. The number of primary amides is 1. The molecule has 72 valence electrons. The number of furan rings is 1. The fourth-order valence-corrected chi connectivity index (χ4v) is 1.07. The topological polar surface area (TPSA) is 68.3 Å². The van der Waals surface area contributed by atoms with Crippen LogP contribution in [0.1, 0.15) is 25.5 Å². The van der Waals surface area contributed by atoms with E-state index in [1.807, 2.05) is 13.0 Å². The molecular weight excluding hydrogens is 168 g/mol. The number of carbonyl (C=O) groups is 1. The van der Waals surface area contributed by atoms with E-state index in [0.29, 0.717) is 0 Å². The van der Waals surface area contributed by atoms with E-state index in [1.54, 1.807) is 19.5 Å². The van der Waals surface area contributed by atoms with Crippen molar-refractivity contribution < 1.29 is 9.21 Å². The van der Waals surface area contributed by atoms with Crippen LogP contribution in [0.5, 0.6) is 0 Å². The van der Waals surface area contributed by atoms with Gasteiger partial charge in [0.2, 0.25) is 5.91 Å². The fourth-order valence-electron chi connectivity index (χ4n) is 1.07. The van der Waals surface area contributed by atoms with Crippen molar-refractivity contribution in [2.75, 3.05) is 0 Å². The Bertz CT molecular complexity index is 269. The van der Waals surface area contributed by atoms with E-state index in [2.05, 4.69) is 5.32 Å². The molecule has 0 spiro atoms. The standard InChI is InChI=1S/C9H14N2O2/c1-6(8-3-4-13-5-8)11-7(2)9(10)12/h3-7,11H,1-2H3,(H2,10,12). The highest BCUT2D eigenvalue weighted by Crippen LogP contribution is 2.12.